The van der Waals surface area contributed by atoms with E-state index < -0.39 is 0 Å². The Hall–Kier alpha value is -15.6. The van der Waals surface area contributed by atoms with Crippen molar-refractivity contribution in [3.05, 3.63) is 586 Å². The lowest BCUT2D eigenvalue weighted by molar-refractivity contribution is 0.592. The number of benzene rings is 20. The first-order valence-corrected chi connectivity index (χ1v) is 43.1. The molecule has 586 valence electrons. The highest BCUT2D eigenvalue weighted by atomic mass is 14.3. The SMILES string of the molecule is CC(C)(C)c1cc2c(-c3ccc(C(=C(c4ccccc4)c4ccccc4)c4ccccc4)cc3)cc3c(-c4ccc(C(=C(c5ccccc5)c5ccccc5)c5ccccc5)cc4)cc(-c4ccc(C(=C(c5ccccc5)c5ccccc5)c5ccccc5)cc4)c4cc(-c5ccc(C(=C(c6ccccc6)c6ccccc6)c6ccccc6)cc5)c(c1)c2c34. The Bertz CT molecular complexity index is 6680. The molecule has 0 spiro atoms. The Morgan fingerprint density at radius 3 is 0.411 bits per heavy atom. The van der Waals surface area contributed by atoms with Crippen molar-refractivity contribution in [2.45, 2.75) is 26.2 Å². The zero-order valence-electron chi connectivity index (χ0n) is 69.8. The Kier molecular flexibility index (Phi) is 21.3. The van der Waals surface area contributed by atoms with Crippen LogP contribution in [-0.2, 0) is 5.41 Å². The van der Waals surface area contributed by atoms with E-state index in [-0.39, 0.29) is 5.41 Å². The minimum Gasteiger partial charge on any atom is -0.0622 e. The molecule has 0 heteroatoms. The van der Waals surface area contributed by atoms with Gasteiger partial charge in [-0.25, -0.2) is 0 Å². The highest BCUT2D eigenvalue weighted by Gasteiger charge is 2.29. The van der Waals surface area contributed by atoms with Gasteiger partial charge < -0.3 is 0 Å². The lowest BCUT2D eigenvalue weighted by Crippen LogP contribution is -2.11. The molecule has 0 aliphatic rings. The first-order valence-electron chi connectivity index (χ1n) is 43.1. The van der Waals surface area contributed by atoms with Crippen molar-refractivity contribution >= 4 is 76.9 Å². The number of hydrogen-bond donors (Lipinski definition) is 0. The first-order chi connectivity index (χ1) is 61.2. The van der Waals surface area contributed by atoms with Gasteiger partial charge in [-0.2, -0.15) is 0 Å². The van der Waals surface area contributed by atoms with Crippen LogP contribution >= 0.6 is 0 Å². The van der Waals surface area contributed by atoms with Crippen LogP contribution in [0.15, 0.2) is 491 Å². The Balaban J connectivity index is 0.883. The van der Waals surface area contributed by atoms with Crippen molar-refractivity contribution < 1.29 is 0 Å². The Labute approximate surface area is 728 Å². The second-order valence-corrected chi connectivity index (χ2v) is 33.2. The van der Waals surface area contributed by atoms with E-state index in [2.05, 4.69) is 512 Å². The molecule has 0 saturated carbocycles. The standard InChI is InChI=1S/C124H90/c1-124(2,3)105-80-110-108(87-68-76-103(77-69-87)120(99-60-36-14-37-61-99)116(93-48-24-8-25-49-93)94-50-26-9-27-51-94)83-112-106(85-64-72-101(73-65-85)118(97-56-32-12-33-57-97)114(89-40-16-4-17-41-89)90-42-18-5-19-43-90)82-107(86-66-74-102(75-67-86)119(98-58-34-13-35-59-98)115(91-44-20-6-21-45-91)92-46-22-7-23-47-92)113-84-109(111(81-105)122(110)123(112)113)88-70-78-104(79-71-88)121(100-62-38-15-39-63-100)117(95-52-28-10-29-53-95)96-54-30-11-31-55-96/h4-84H,1-3H3. The molecule has 0 heterocycles. The van der Waals surface area contributed by atoms with Crippen LogP contribution in [0.2, 0.25) is 0 Å². The summed E-state index contributed by atoms with van der Waals surface area (Å²) in [5, 5.41) is 7.22. The average molecular weight is 1580 g/mol. The Morgan fingerprint density at radius 2 is 0.266 bits per heavy atom. The molecule has 0 N–H and O–H groups in total. The van der Waals surface area contributed by atoms with E-state index in [4.69, 9.17) is 0 Å². The van der Waals surface area contributed by atoms with Gasteiger partial charge in [-0.05, 0) is 252 Å². The minimum absolute atomic E-state index is 0.254. The molecule has 124 heavy (non-hydrogen) atoms. The molecule has 0 aromatic heterocycles. The van der Waals surface area contributed by atoms with Gasteiger partial charge in [0.05, 0.1) is 0 Å². The molecule has 0 fully saturated rings. The summed E-state index contributed by atoms with van der Waals surface area (Å²) in [6, 6.07) is 182. The van der Waals surface area contributed by atoms with Crippen LogP contribution in [0.25, 0.3) is 121 Å². The predicted molar refractivity (Wildman–Crippen MR) is 528 cm³/mol. The van der Waals surface area contributed by atoms with E-state index in [1.54, 1.807) is 0 Å². The van der Waals surface area contributed by atoms with E-state index in [1.807, 2.05) is 0 Å². The van der Waals surface area contributed by atoms with Gasteiger partial charge in [-0.1, -0.05) is 482 Å². The fourth-order valence-electron chi connectivity index (χ4n) is 18.6. The quantitative estimate of drug-likeness (QED) is 0.0527. The zero-order valence-corrected chi connectivity index (χ0v) is 69.8. The smallest absolute Gasteiger partial charge is 0.00134 e. The maximum atomic E-state index is 2.56. The number of rotatable bonds is 20. The van der Waals surface area contributed by atoms with Gasteiger partial charge in [-0.3, -0.25) is 0 Å². The second kappa shape index (κ2) is 34.3. The topological polar surface area (TPSA) is 0 Å². The molecule has 20 aromatic rings. The normalized spacial score (nSPS) is 11.3. The molecule has 0 amide bonds. The monoisotopic (exact) mass is 1580 g/mol. The van der Waals surface area contributed by atoms with Crippen LogP contribution in [0, 0.1) is 0 Å². The van der Waals surface area contributed by atoms with Crippen molar-refractivity contribution in [2.24, 2.45) is 0 Å². The molecule has 0 radical (unpaired) electrons. The summed E-state index contributed by atoms with van der Waals surface area (Å²) in [4.78, 5) is 0. The fourth-order valence-corrected chi connectivity index (χ4v) is 18.6. The fraction of sp³-hybridized carbons (Fsp3) is 0.0323. The highest BCUT2D eigenvalue weighted by molar-refractivity contribution is 6.33. The maximum absolute atomic E-state index is 2.56. The summed E-state index contributed by atoms with van der Waals surface area (Å²) >= 11 is 0. The first kappa shape index (κ1) is 77.0. The third-order valence-electron chi connectivity index (χ3n) is 24.5. The van der Waals surface area contributed by atoms with Gasteiger partial charge in [-0.15, -0.1) is 0 Å². The predicted octanol–water partition coefficient (Wildman–Crippen LogP) is 32.6. The van der Waals surface area contributed by atoms with Crippen LogP contribution in [0.4, 0.5) is 0 Å². The minimum atomic E-state index is -0.254. The molecule has 20 aromatic carbocycles. The molecule has 0 bridgehead atoms. The van der Waals surface area contributed by atoms with E-state index >= 15 is 0 Å². The average Bonchev–Trinajstić information content (AvgIpc) is 0.696. The molecule has 0 saturated heterocycles. The summed E-state index contributed by atoms with van der Waals surface area (Å²) in [7, 11) is 0. The van der Waals surface area contributed by atoms with Crippen LogP contribution in [0.3, 0.4) is 0 Å². The summed E-state index contributed by atoms with van der Waals surface area (Å²) in [6.45, 7) is 7.12. The molecule has 0 nitrogen and oxygen atoms in total. The van der Waals surface area contributed by atoms with Crippen molar-refractivity contribution in [2.75, 3.05) is 0 Å². The summed E-state index contributed by atoms with van der Waals surface area (Å²) in [5.74, 6) is 0. The van der Waals surface area contributed by atoms with Gasteiger partial charge in [0.1, 0.15) is 0 Å². The van der Waals surface area contributed by atoms with E-state index in [0.29, 0.717) is 0 Å². The third-order valence-corrected chi connectivity index (χ3v) is 24.5. The van der Waals surface area contributed by atoms with E-state index in [0.717, 1.165) is 122 Å². The molecular formula is C124H90. The summed E-state index contributed by atoms with van der Waals surface area (Å²) in [5.41, 5.74) is 37.8. The lowest BCUT2D eigenvalue weighted by Gasteiger charge is -2.26. The van der Waals surface area contributed by atoms with Crippen LogP contribution in [0.1, 0.15) is 115 Å². The highest BCUT2D eigenvalue weighted by Crippen LogP contribution is 2.53. The zero-order chi connectivity index (χ0) is 83.3. The second-order valence-electron chi connectivity index (χ2n) is 33.2. The van der Waals surface area contributed by atoms with Gasteiger partial charge in [0, 0.05) is 0 Å². The van der Waals surface area contributed by atoms with Crippen molar-refractivity contribution in [1.29, 1.82) is 0 Å². The van der Waals surface area contributed by atoms with Crippen molar-refractivity contribution in [3.63, 3.8) is 0 Å². The Morgan fingerprint density at radius 1 is 0.137 bits per heavy atom. The molecule has 0 atom stereocenters. The molecule has 0 unspecified atom stereocenters. The van der Waals surface area contributed by atoms with E-state index in [9.17, 15) is 0 Å². The van der Waals surface area contributed by atoms with Gasteiger partial charge in [0.25, 0.3) is 0 Å². The van der Waals surface area contributed by atoms with Crippen molar-refractivity contribution in [1.82, 2.24) is 0 Å². The summed E-state index contributed by atoms with van der Waals surface area (Å²) in [6.07, 6.45) is 0. The molecular weight excluding hydrogens is 1490 g/mol. The summed E-state index contributed by atoms with van der Waals surface area (Å²) < 4.78 is 0. The van der Waals surface area contributed by atoms with Gasteiger partial charge in [0.2, 0.25) is 0 Å². The van der Waals surface area contributed by atoms with Crippen LogP contribution < -0.4 is 0 Å². The van der Waals surface area contributed by atoms with Crippen LogP contribution in [-0.4, -0.2) is 0 Å². The van der Waals surface area contributed by atoms with Gasteiger partial charge in [0.15, 0.2) is 0 Å². The van der Waals surface area contributed by atoms with Gasteiger partial charge >= 0.3 is 0 Å². The van der Waals surface area contributed by atoms with E-state index in [1.165, 1.54) is 93.6 Å². The largest absolute Gasteiger partial charge is 0.0622 e. The number of hydrogen-bond acceptors (Lipinski definition) is 0. The third kappa shape index (κ3) is 15.3. The van der Waals surface area contributed by atoms with Crippen LogP contribution in [0.5, 0.6) is 0 Å². The van der Waals surface area contributed by atoms with Crippen molar-refractivity contribution in [3.8, 4) is 44.5 Å². The molecule has 0 aliphatic carbocycles. The molecule has 20 rings (SSSR count). The molecule has 0 aliphatic heterocycles. The lowest BCUT2D eigenvalue weighted by atomic mass is 9.77. The maximum Gasteiger partial charge on any atom is -0.00134 e.